The molecule has 9 nitrogen and oxygen atoms in total. The highest BCUT2D eigenvalue weighted by Gasteiger charge is 2.25. The van der Waals surface area contributed by atoms with E-state index in [0.29, 0.717) is 29.2 Å². The number of benzene rings is 4. The molecule has 4 aromatic rings. The van der Waals surface area contributed by atoms with E-state index in [1.165, 1.54) is 7.11 Å². The van der Waals surface area contributed by atoms with Gasteiger partial charge in [-0.05, 0) is 59.7 Å². The molecule has 0 aromatic heterocycles. The van der Waals surface area contributed by atoms with Gasteiger partial charge in [0.25, 0.3) is 11.8 Å². The summed E-state index contributed by atoms with van der Waals surface area (Å²) in [6, 6.07) is 26.3. The molecule has 0 aliphatic rings. The van der Waals surface area contributed by atoms with Crippen molar-refractivity contribution in [3.63, 3.8) is 0 Å². The van der Waals surface area contributed by atoms with Crippen molar-refractivity contribution >= 4 is 52.4 Å². The molecule has 43 heavy (non-hydrogen) atoms. The Hall–Kier alpha value is -4.86. The maximum atomic E-state index is 13.1. The number of amides is 2. The fraction of sp³-hybridized carbons (Fsp3) is 0.125. The van der Waals surface area contributed by atoms with E-state index in [2.05, 4.69) is 15.8 Å². The number of carbonyl (C=O) groups is 3. The smallest absolute Gasteiger partial charge is 0.326 e. The van der Waals surface area contributed by atoms with Crippen LogP contribution in [0.4, 0.5) is 5.69 Å². The predicted molar refractivity (Wildman–Crippen MR) is 165 cm³/mol. The zero-order chi connectivity index (χ0) is 30.8. The number of carboxylic acids is 1. The topological polar surface area (TPSA) is 126 Å². The average molecular weight is 620 g/mol. The summed E-state index contributed by atoms with van der Waals surface area (Å²) < 4.78 is 5.79. The van der Waals surface area contributed by atoms with Gasteiger partial charge in [0.15, 0.2) is 5.71 Å². The van der Waals surface area contributed by atoms with Crippen LogP contribution in [0.2, 0.25) is 10.0 Å². The summed E-state index contributed by atoms with van der Waals surface area (Å²) in [5, 5.41) is 19.3. The third-order valence-electron chi connectivity index (χ3n) is 6.22. The number of rotatable bonds is 12. The van der Waals surface area contributed by atoms with Crippen LogP contribution in [-0.4, -0.2) is 41.8 Å². The number of aliphatic carboxylic acids is 1. The number of ether oxygens (including phenoxy) is 1. The van der Waals surface area contributed by atoms with Gasteiger partial charge in [-0.3, -0.25) is 9.59 Å². The molecule has 11 heteroatoms. The van der Waals surface area contributed by atoms with E-state index in [9.17, 15) is 19.5 Å². The molecular weight excluding hydrogens is 593 g/mol. The molecule has 4 aromatic carbocycles. The van der Waals surface area contributed by atoms with E-state index in [4.69, 9.17) is 32.8 Å². The van der Waals surface area contributed by atoms with Crippen molar-refractivity contribution in [2.45, 2.75) is 19.1 Å². The molecular formula is C32H27Cl2N3O6. The molecule has 220 valence electrons. The summed E-state index contributed by atoms with van der Waals surface area (Å²) in [5.74, 6) is -1.87. The molecule has 0 aliphatic carbocycles. The first-order chi connectivity index (χ1) is 20.7. The van der Waals surface area contributed by atoms with Crippen LogP contribution in [-0.2, 0) is 27.5 Å². The number of carboxylic acid groups (broad SMARTS) is 1. The number of nitrogens with zero attached hydrogens (tertiary/aromatic N) is 1. The number of hydrogen-bond acceptors (Lipinski definition) is 6. The molecule has 1 atom stereocenters. The van der Waals surface area contributed by atoms with Gasteiger partial charge < -0.3 is 25.3 Å². The Morgan fingerprint density at radius 3 is 2.09 bits per heavy atom. The molecule has 0 saturated carbocycles. The minimum absolute atomic E-state index is 0.0296. The van der Waals surface area contributed by atoms with Crippen LogP contribution in [0.25, 0.3) is 0 Å². The number of nitrogens with one attached hydrogen (secondary N) is 2. The number of oxime groups is 1. The standard InChI is InChI=1S/C32H27Cl2N3O6/c1-42-37-29(22-12-16-24(17-13-22)43-19-21-6-3-2-4-7-21)31(39)36-27(32(40)41)18-20-10-14-23(15-11-20)35-30(38)28-25(33)8-5-9-26(28)34/h2-17,27H,18-19H2,1H3,(H,35,38)(H,36,39)(H,40,41)/t27-/m0/s1. The lowest BCUT2D eigenvalue weighted by Crippen LogP contribution is -2.45. The molecule has 3 N–H and O–H groups in total. The summed E-state index contributed by atoms with van der Waals surface area (Å²) in [5.41, 5.74) is 2.52. The van der Waals surface area contributed by atoms with Gasteiger partial charge in [-0.15, -0.1) is 0 Å². The molecule has 4 rings (SSSR count). The third kappa shape index (κ3) is 8.57. The number of anilines is 1. The Morgan fingerprint density at radius 1 is 0.837 bits per heavy atom. The normalized spacial score (nSPS) is 11.7. The fourth-order valence-electron chi connectivity index (χ4n) is 4.06. The number of hydrogen-bond donors (Lipinski definition) is 3. The first kappa shape index (κ1) is 31.1. The molecule has 0 saturated heterocycles. The van der Waals surface area contributed by atoms with Crippen LogP contribution in [0.3, 0.4) is 0 Å². The Kier molecular flexibility index (Phi) is 10.7. The van der Waals surface area contributed by atoms with Crippen LogP contribution in [0.5, 0.6) is 5.75 Å². The zero-order valence-corrected chi connectivity index (χ0v) is 24.4. The maximum absolute atomic E-state index is 13.1. The third-order valence-corrected chi connectivity index (χ3v) is 6.85. The highest BCUT2D eigenvalue weighted by Crippen LogP contribution is 2.25. The second-order valence-electron chi connectivity index (χ2n) is 9.24. The largest absolute Gasteiger partial charge is 0.489 e. The Bertz CT molecular complexity index is 1590. The molecule has 0 heterocycles. The van der Waals surface area contributed by atoms with Crippen molar-refractivity contribution in [1.29, 1.82) is 0 Å². The van der Waals surface area contributed by atoms with Crippen LogP contribution in [0.15, 0.2) is 102 Å². The van der Waals surface area contributed by atoms with E-state index in [0.717, 1.165) is 5.56 Å². The predicted octanol–water partition coefficient (Wildman–Crippen LogP) is 5.99. The molecule has 0 bridgehead atoms. The van der Waals surface area contributed by atoms with Crippen LogP contribution < -0.4 is 15.4 Å². The van der Waals surface area contributed by atoms with Gasteiger partial charge in [0, 0.05) is 17.7 Å². The van der Waals surface area contributed by atoms with Crippen LogP contribution in [0, 0.1) is 0 Å². The highest BCUT2D eigenvalue weighted by atomic mass is 35.5. The van der Waals surface area contributed by atoms with Crippen LogP contribution in [0.1, 0.15) is 27.0 Å². The van der Waals surface area contributed by atoms with Crippen molar-refractivity contribution in [2.75, 3.05) is 12.4 Å². The quantitative estimate of drug-likeness (QED) is 0.132. The van der Waals surface area contributed by atoms with E-state index in [-0.39, 0.29) is 27.7 Å². The van der Waals surface area contributed by atoms with Gasteiger partial charge in [-0.2, -0.15) is 0 Å². The van der Waals surface area contributed by atoms with Gasteiger partial charge in [-0.25, -0.2) is 4.79 Å². The minimum Gasteiger partial charge on any atom is -0.489 e. The first-order valence-corrected chi connectivity index (χ1v) is 13.8. The van der Waals surface area contributed by atoms with E-state index in [1.807, 2.05) is 30.3 Å². The lowest BCUT2D eigenvalue weighted by molar-refractivity contribution is -0.141. The van der Waals surface area contributed by atoms with Gasteiger partial charge in [0.1, 0.15) is 25.5 Å². The molecule has 0 unspecified atom stereocenters. The molecule has 0 aliphatic heterocycles. The summed E-state index contributed by atoms with van der Waals surface area (Å²) in [7, 11) is 1.29. The van der Waals surface area contributed by atoms with Crippen LogP contribution >= 0.6 is 23.2 Å². The van der Waals surface area contributed by atoms with Gasteiger partial charge >= 0.3 is 5.97 Å². The average Bonchev–Trinajstić information content (AvgIpc) is 3.00. The van der Waals surface area contributed by atoms with Crippen molar-refractivity contribution in [1.82, 2.24) is 5.32 Å². The van der Waals surface area contributed by atoms with Crippen molar-refractivity contribution < 1.29 is 29.1 Å². The summed E-state index contributed by atoms with van der Waals surface area (Å²) in [6.07, 6.45) is -0.0296. The second kappa shape index (κ2) is 14.9. The van der Waals surface area contributed by atoms with E-state index in [1.54, 1.807) is 66.7 Å². The summed E-state index contributed by atoms with van der Waals surface area (Å²) in [6.45, 7) is 0.378. The Labute approximate surface area is 258 Å². The fourth-order valence-corrected chi connectivity index (χ4v) is 4.63. The minimum atomic E-state index is -1.27. The van der Waals surface area contributed by atoms with Crippen molar-refractivity contribution in [3.8, 4) is 5.75 Å². The Balaban J connectivity index is 1.39. The monoisotopic (exact) mass is 619 g/mol. The maximum Gasteiger partial charge on any atom is 0.326 e. The molecule has 0 fully saturated rings. The number of carbonyl (C=O) groups excluding carboxylic acids is 2. The molecule has 0 radical (unpaired) electrons. The number of halogens is 2. The summed E-state index contributed by atoms with van der Waals surface area (Å²) >= 11 is 12.2. The highest BCUT2D eigenvalue weighted by molar-refractivity contribution is 6.45. The first-order valence-electron chi connectivity index (χ1n) is 13.0. The summed E-state index contributed by atoms with van der Waals surface area (Å²) in [4.78, 5) is 42.7. The van der Waals surface area contributed by atoms with Gasteiger partial charge in [0.2, 0.25) is 0 Å². The van der Waals surface area contributed by atoms with E-state index >= 15 is 0 Å². The Morgan fingerprint density at radius 2 is 1.49 bits per heavy atom. The van der Waals surface area contributed by atoms with Gasteiger partial charge in [-0.1, -0.05) is 76.9 Å². The van der Waals surface area contributed by atoms with Gasteiger partial charge in [0.05, 0.1) is 15.6 Å². The second-order valence-corrected chi connectivity index (χ2v) is 10.1. The molecule has 2 amide bonds. The SMILES string of the molecule is CON=C(C(=O)N[C@@H](Cc1ccc(NC(=O)c2c(Cl)cccc2Cl)cc1)C(=O)O)c1ccc(OCc2ccccc2)cc1. The van der Waals surface area contributed by atoms with Crippen molar-refractivity contribution in [3.05, 3.63) is 129 Å². The lowest BCUT2D eigenvalue weighted by Gasteiger charge is -2.16. The lowest BCUT2D eigenvalue weighted by atomic mass is 10.0. The van der Waals surface area contributed by atoms with E-state index < -0.39 is 23.8 Å². The molecule has 0 spiro atoms. The zero-order valence-electron chi connectivity index (χ0n) is 22.9. The van der Waals surface area contributed by atoms with Crippen molar-refractivity contribution in [2.24, 2.45) is 5.16 Å².